The molecule has 2 aromatic heterocycles. The summed E-state index contributed by atoms with van der Waals surface area (Å²) < 4.78 is 38.0. The number of nitrogens with two attached hydrogens (primary N) is 1. The third-order valence-corrected chi connectivity index (χ3v) is 5.35. The number of anilines is 2. The minimum absolute atomic E-state index is 0.0622. The molecule has 3 aromatic rings. The number of benzene rings is 1. The molecule has 3 heterocycles. The molecule has 1 fully saturated rings. The predicted molar refractivity (Wildman–Crippen MR) is 108 cm³/mol. The van der Waals surface area contributed by atoms with E-state index >= 15 is 0 Å². The van der Waals surface area contributed by atoms with Crippen molar-refractivity contribution >= 4 is 34.1 Å². The molecule has 0 aliphatic carbocycles. The first-order valence-corrected chi connectivity index (χ1v) is 9.71. The second kappa shape index (κ2) is 7.67. The molecular formula is C20H19ClF3N5. The zero-order valence-electron chi connectivity index (χ0n) is 15.5. The predicted octanol–water partition coefficient (Wildman–Crippen LogP) is 5.02. The van der Waals surface area contributed by atoms with Crippen molar-refractivity contribution in [2.45, 2.75) is 31.9 Å². The fourth-order valence-electron chi connectivity index (χ4n) is 3.64. The van der Waals surface area contributed by atoms with E-state index in [4.69, 9.17) is 17.3 Å². The maximum atomic E-state index is 12.7. The number of pyridine rings is 1. The van der Waals surface area contributed by atoms with Crippen LogP contribution >= 0.6 is 11.6 Å². The van der Waals surface area contributed by atoms with Gasteiger partial charge in [0.1, 0.15) is 18.0 Å². The molecule has 9 heteroatoms. The second-order valence-electron chi connectivity index (χ2n) is 7.13. The summed E-state index contributed by atoms with van der Waals surface area (Å²) in [4.78, 5) is 15.2. The molecule has 0 radical (unpaired) electrons. The molecule has 1 saturated heterocycles. The summed E-state index contributed by atoms with van der Waals surface area (Å²) in [7, 11) is 0. The average molecular weight is 422 g/mol. The van der Waals surface area contributed by atoms with E-state index in [0.29, 0.717) is 21.8 Å². The lowest BCUT2D eigenvalue weighted by atomic mass is 10.1. The first kappa shape index (κ1) is 19.7. The summed E-state index contributed by atoms with van der Waals surface area (Å²) in [5, 5.41) is 1.26. The number of alkyl halides is 3. The number of aromatic nitrogens is 3. The van der Waals surface area contributed by atoms with Crippen LogP contribution in [0.2, 0.25) is 5.02 Å². The van der Waals surface area contributed by atoms with E-state index in [2.05, 4.69) is 19.9 Å². The Morgan fingerprint density at radius 1 is 1.07 bits per heavy atom. The van der Waals surface area contributed by atoms with Crippen molar-refractivity contribution in [3.63, 3.8) is 0 Å². The molecule has 152 valence electrons. The van der Waals surface area contributed by atoms with Gasteiger partial charge in [0.05, 0.1) is 22.7 Å². The van der Waals surface area contributed by atoms with Gasteiger partial charge in [-0.05, 0) is 37.5 Å². The molecule has 0 bridgehead atoms. The molecule has 0 atom stereocenters. The van der Waals surface area contributed by atoms with Crippen LogP contribution in [0.1, 0.15) is 24.8 Å². The first-order valence-electron chi connectivity index (χ1n) is 9.33. The monoisotopic (exact) mass is 421 g/mol. The topological polar surface area (TPSA) is 67.9 Å². The number of nitrogens with zero attached hydrogens (tertiary/aromatic N) is 4. The van der Waals surface area contributed by atoms with Crippen LogP contribution in [-0.2, 0) is 6.42 Å². The van der Waals surface area contributed by atoms with E-state index in [1.165, 1.54) is 24.9 Å². The Morgan fingerprint density at radius 2 is 1.83 bits per heavy atom. The van der Waals surface area contributed by atoms with Gasteiger partial charge in [-0.3, -0.25) is 0 Å². The summed E-state index contributed by atoms with van der Waals surface area (Å²) in [6.07, 6.45) is -0.515. The van der Waals surface area contributed by atoms with Crippen molar-refractivity contribution in [2.75, 3.05) is 23.7 Å². The third-order valence-electron chi connectivity index (χ3n) is 5.04. The van der Waals surface area contributed by atoms with Crippen LogP contribution in [-0.4, -0.2) is 34.2 Å². The summed E-state index contributed by atoms with van der Waals surface area (Å²) in [6, 6.07) is 6.40. The highest BCUT2D eigenvalue weighted by Crippen LogP contribution is 2.35. The van der Waals surface area contributed by atoms with Crippen molar-refractivity contribution in [1.29, 1.82) is 0 Å². The summed E-state index contributed by atoms with van der Waals surface area (Å²) >= 11 is 6.51. The van der Waals surface area contributed by atoms with Crippen LogP contribution in [0.25, 0.3) is 22.2 Å². The lowest BCUT2D eigenvalue weighted by Crippen LogP contribution is -2.30. The van der Waals surface area contributed by atoms with Gasteiger partial charge in [0.25, 0.3) is 0 Å². The van der Waals surface area contributed by atoms with Crippen LogP contribution < -0.4 is 10.6 Å². The van der Waals surface area contributed by atoms with Crippen LogP contribution in [0.5, 0.6) is 0 Å². The van der Waals surface area contributed by atoms with Crippen LogP contribution in [0.15, 0.2) is 30.6 Å². The van der Waals surface area contributed by atoms with Gasteiger partial charge in [-0.25, -0.2) is 15.0 Å². The molecule has 0 unspecified atom stereocenters. The quantitative estimate of drug-likeness (QED) is 0.643. The average Bonchev–Trinajstić information content (AvgIpc) is 2.68. The second-order valence-corrected chi connectivity index (χ2v) is 7.53. The highest BCUT2D eigenvalue weighted by molar-refractivity contribution is 6.34. The molecule has 5 nitrogen and oxygen atoms in total. The minimum atomic E-state index is -4.35. The van der Waals surface area contributed by atoms with Gasteiger partial charge in [0.15, 0.2) is 0 Å². The molecule has 4 rings (SSSR count). The van der Waals surface area contributed by atoms with E-state index in [9.17, 15) is 13.2 Å². The number of nitrogen functional groups attached to an aromatic ring is 1. The molecule has 1 aromatic carbocycles. The maximum absolute atomic E-state index is 12.7. The SMILES string of the molecule is Nc1nc(-c2cc3ncnc(N4CCCCC4)c3cc2Cl)ccc1CC(F)(F)F. The number of hydrogen-bond donors (Lipinski definition) is 1. The molecule has 1 aliphatic rings. The lowest BCUT2D eigenvalue weighted by molar-refractivity contribution is -0.127. The van der Waals surface area contributed by atoms with Gasteiger partial charge in [-0.15, -0.1) is 0 Å². The molecule has 2 N–H and O–H groups in total. The number of fused-ring (bicyclic) bond motifs is 1. The van der Waals surface area contributed by atoms with E-state index in [0.717, 1.165) is 37.1 Å². The Kier molecular flexibility index (Phi) is 5.21. The van der Waals surface area contributed by atoms with Crippen molar-refractivity contribution in [1.82, 2.24) is 15.0 Å². The highest BCUT2D eigenvalue weighted by Gasteiger charge is 2.29. The maximum Gasteiger partial charge on any atom is 0.393 e. The summed E-state index contributed by atoms with van der Waals surface area (Å²) in [5.41, 5.74) is 7.36. The van der Waals surface area contributed by atoms with Gasteiger partial charge in [0, 0.05) is 29.6 Å². The van der Waals surface area contributed by atoms with E-state index in [1.54, 1.807) is 12.1 Å². The molecular weight excluding hydrogens is 403 g/mol. The van der Waals surface area contributed by atoms with E-state index in [1.807, 2.05) is 0 Å². The van der Waals surface area contributed by atoms with Gasteiger partial charge in [-0.2, -0.15) is 13.2 Å². The summed E-state index contributed by atoms with van der Waals surface area (Å²) in [5.74, 6) is 0.684. The molecule has 29 heavy (non-hydrogen) atoms. The third kappa shape index (κ3) is 4.22. The van der Waals surface area contributed by atoms with Crippen LogP contribution in [0.4, 0.5) is 24.8 Å². The smallest absolute Gasteiger partial charge is 0.383 e. The number of halogens is 4. The number of hydrogen-bond acceptors (Lipinski definition) is 5. The van der Waals surface area contributed by atoms with Crippen LogP contribution in [0.3, 0.4) is 0 Å². The van der Waals surface area contributed by atoms with Crippen molar-refractivity contribution in [2.24, 2.45) is 0 Å². The highest BCUT2D eigenvalue weighted by atomic mass is 35.5. The zero-order valence-corrected chi connectivity index (χ0v) is 16.3. The van der Waals surface area contributed by atoms with Crippen molar-refractivity contribution < 1.29 is 13.2 Å². The fourth-order valence-corrected chi connectivity index (χ4v) is 3.90. The van der Waals surface area contributed by atoms with Gasteiger partial charge >= 0.3 is 6.18 Å². The Bertz CT molecular complexity index is 1050. The van der Waals surface area contributed by atoms with E-state index < -0.39 is 12.6 Å². The lowest BCUT2D eigenvalue weighted by Gasteiger charge is -2.28. The molecule has 0 saturated carbocycles. The van der Waals surface area contributed by atoms with Crippen LogP contribution in [0, 0.1) is 0 Å². The van der Waals surface area contributed by atoms with Gasteiger partial charge in [-0.1, -0.05) is 17.7 Å². The molecule has 1 aliphatic heterocycles. The first-order chi connectivity index (χ1) is 13.8. The van der Waals surface area contributed by atoms with Crippen molar-refractivity contribution in [3.05, 3.63) is 41.2 Å². The standard InChI is InChI=1S/C20H19ClF3N5/c21-15-8-14-17(26-11-27-19(14)29-6-2-1-3-7-29)9-13(15)16-5-4-12(18(25)28-16)10-20(22,23)24/h4-5,8-9,11H,1-3,6-7,10H2,(H2,25,28). The van der Waals surface area contributed by atoms with E-state index in [-0.39, 0.29) is 11.4 Å². The van der Waals surface area contributed by atoms with Crippen molar-refractivity contribution in [3.8, 4) is 11.3 Å². The minimum Gasteiger partial charge on any atom is -0.383 e. The van der Waals surface area contributed by atoms with Gasteiger partial charge < -0.3 is 10.6 Å². The molecule has 0 spiro atoms. The summed E-state index contributed by atoms with van der Waals surface area (Å²) in [6.45, 7) is 1.87. The number of rotatable bonds is 3. The fraction of sp³-hybridized carbons (Fsp3) is 0.350. The Hall–Kier alpha value is -2.61. The number of piperidine rings is 1. The Balaban J connectivity index is 1.73. The Labute approximate surface area is 170 Å². The molecule has 0 amide bonds. The zero-order chi connectivity index (χ0) is 20.6. The normalized spacial score (nSPS) is 15.1. The Morgan fingerprint density at radius 3 is 2.52 bits per heavy atom. The van der Waals surface area contributed by atoms with Gasteiger partial charge in [0.2, 0.25) is 0 Å². The largest absolute Gasteiger partial charge is 0.393 e.